The summed E-state index contributed by atoms with van der Waals surface area (Å²) in [6.07, 6.45) is 10.7. The summed E-state index contributed by atoms with van der Waals surface area (Å²) in [6, 6.07) is 11.1. The topological polar surface area (TPSA) is 0 Å². The van der Waals surface area contributed by atoms with E-state index < -0.39 is 0 Å². The first-order valence-corrected chi connectivity index (χ1v) is 7.94. The minimum Gasteiger partial charge on any atom is -0.0736 e. The Balaban J connectivity index is 2.31. The lowest BCUT2D eigenvalue weighted by Gasteiger charge is -2.36. The first-order valence-electron chi connectivity index (χ1n) is 7.94. The van der Waals surface area contributed by atoms with Crippen LogP contribution >= 0.6 is 0 Å². The molecule has 0 aromatic heterocycles. The molecule has 0 amide bonds. The van der Waals surface area contributed by atoms with Crippen LogP contribution in [0.25, 0.3) is 0 Å². The zero-order chi connectivity index (χ0) is 14.6. The van der Waals surface area contributed by atoms with Crippen LogP contribution in [0.15, 0.2) is 54.1 Å². The van der Waals surface area contributed by atoms with Gasteiger partial charge in [-0.1, -0.05) is 81.8 Å². The van der Waals surface area contributed by atoms with Crippen LogP contribution in [0.3, 0.4) is 0 Å². The van der Waals surface area contributed by atoms with Crippen LogP contribution in [-0.2, 0) is 5.41 Å². The van der Waals surface area contributed by atoms with Gasteiger partial charge in [0.2, 0.25) is 0 Å². The van der Waals surface area contributed by atoms with Crippen molar-refractivity contribution in [2.24, 2.45) is 11.8 Å². The van der Waals surface area contributed by atoms with E-state index in [2.05, 4.69) is 76.3 Å². The highest BCUT2D eigenvalue weighted by Crippen LogP contribution is 2.42. The average Bonchev–Trinajstić information content (AvgIpc) is 2.38. The molecule has 0 fully saturated rings. The van der Waals surface area contributed by atoms with Gasteiger partial charge in [-0.25, -0.2) is 0 Å². The molecule has 0 saturated heterocycles. The Morgan fingerprint density at radius 2 is 1.70 bits per heavy atom. The molecular formula is C20H28. The summed E-state index contributed by atoms with van der Waals surface area (Å²) in [5.74, 6) is 1.44. The van der Waals surface area contributed by atoms with Crippen molar-refractivity contribution in [2.45, 2.75) is 52.4 Å². The third kappa shape index (κ3) is 3.62. The molecule has 1 aliphatic rings. The van der Waals surface area contributed by atoms with E-state index in [9.17, 15) is 0 Å². The highest BCUT2D eigenvalue weighted by atomic mass is 14.4. The zero-order valence-electron chi connectivity index (χ0n) is 13.4. The summed E-state index contributed by atoms with van der Waals surface area (Å²) < 4.78 is 0. The Kier molecular flexibility index (Phi) is 4.86. The molecule has 0 bridgehead atoms. The predicted octanol–water partition coefficient (Wildman–Crippen LogP) is 5.90. The van der Waals surface area contributed by atoms with E-state index in [4.69, 9.17) is 0 Å². The molecule has 1 atom stereocenters. The second kappa shape index (κ2) is 6.43. The predicted molar refractivity (Wildman–Crippen MR) is 88.9 cm³/mol. The number of allylic oxidation sites excluding steroid dienone is 4. The summed E-state index contributed by atoms with van der Waals surface area (Å²) in [4.78, 5) is 0. The summed E-state index contributed by atoms with van der Waals surface area (Å²) in [5, 5.41) is 0. The second-order valence-electron chi connectivity index (χ2n) is 7.08. The standard InChI is InChI=1S/C20H28/c1-16(2)13-18-9-8-12-20(15-18,14-17(3)4)19-10-6-5-7-11-19/h5-12,16-17H,13-15H2,1-4H3. The fourth-order valence-electron chi connectivity index (χ4n) is 3.51. The molecule has 0 aliphatic heterocycles. The number of hydrogen-bond donors (Lipinski definition) is 0. The van der Waals surface area contributed by atoms with Gasteiger partial charge in [0.25, 0.3) is 0 Å². The van der Waals surface area contributed by atoms with Gasteiger partial charge >= 0.3 is 0 Å². The van der Waals surface area contributed by atoms with Crippen molar-refractivity contribution in [1.82, 2.24) is 0 Å². The first kappa shape index (κ1) is 15.1. The molecule has 1 aromatic carbocycles. The Morgan fingerprint density at radius 3 is 2.30 bits per heavy atom. The van der Waals surface area contributed by atoms with E-state index in [0.717, 1.165) is 5.92 Å². The first-order chi connectivity index (χ1) is 9.52. The van der Waals surface area contributed by atoms with Crippen LogP contribution in [0.2, 0.25) is 0 Å². The normalized spacial score (nSPS) is 22.4. The highest BCUT2D eigenvalue weighted by molar-refractivity contribution is 5.38. The third-order valence-electron chi connectivity index (χ3n) is 4.08. The van der Waals surface area contributed by atoms with Crippen molar-refractivity contribution in [2.75, 3.05) is 0 Å². The Bertz CT molecular complexity index is 476. The van der Waals surface area contributed by atoms with Gasteiger partial charge < -0.3 is 0 Å². The van der Waals surface area contributed by atoms with Crippen LogP contribution in [0, 0.1) is 11.8 Å². The number of rotatable bonds is 5. The lowest BCUT2D eigenvalue weighted by Crippen LogP contribution is -2.28. The molecule has 2 rings (SSSR count). The third-order valence-corrected chi connectivity index (χ3v) is 4.08. The number of benzene rings is 1. The molecule has 0 heterocycles. The van der Waals surface area contributed by atoms with Gasteiger partial charge in [-0.3, -0.25) is 0 Å². The van der Waals surface area contributed by atoms with Crippen LogP contribution in [0.1, 0.15) is 52.5 Å². The molecule has 0 N–H and O–H groups in total. The lowest BCUT2D eigenvalue weighted by molar-refractivity contribution is 0.395. The van der Waals surface area contributed by atoms with Gasteiger partial charge in [-0.2, -0.15) is 0 Å². The Hall–Kier alpha value is -1.30. The van der Waals surface area contributed by atoms with Crippen molar-refractivity contribution >= 4 is 0 Å². The second-order valence-corrected chi connectivity index (χ2v) is 7.08. The van der Waals surface area contributed by atoms with Crippen LogP contribution in [-0.4, -0.2) is 0 Å². The van der Waals surface area contributed by atoms with E-state index in [1.54, 1.807) is 5.57 Å². The average molecular weight is 268 g/mol. The molecule has 1 aliphatic carbocycles. The Labute approximate surface area is 124 Å². The van der Waals surface area contributed by atoms with Gasteiger partial charge in [0.1, 0.15) is 0 Å². The molecule has 108 valence electrons. The van der Waals surface area contributed by atoms with Crippen molar-refractivity contribution in [3.63, 3.8) is 0 Å². The fraction of sp³-hybridized carbons (Fsp3) is 0.500. The monoisotopic (exact) mass is 268 g/mol. The van der Waals surface area contributed by atoms with Gasteiger partial charge in [0.05, 0.1) is 0 Å². The molecule has 0 heteroatoms. The molecular weight excluding hydrogens is 240 g/mol. The summed E-state index contributed by atoms with van der Waals surface area (Å²) >= 11 is 0. The van der Waals surface area contributed by atoms with Gasteiger partial charge in [-0.05, 0) is 36.7 Å². The molecule has 1 unspecified atom stereocenters. The van der Waals surface area contributed by atoms with Gasteiger partial charge in [0, 0.05) is 5.41 Å². The van der Waals surface area contributed by atoms with Crippen molar-refractivity contribution < 1.29 is 0 Å². The van der Waals surface area contributed by atoms with Gasteiger partial charge in [-0.15, -0.1) is 0 Å². The SMILES string of the molecule is CC(C)CC1=CC=CC(CC(C)C)(c2ccccc2)C1. The largest absolute Gasteiger partial charge is 0.0736 e. The minimum atomic E-state index is 0.203. The van der Waals surface area contributed by atoms with Gasteiger partial charge in [0.15, 0.2) is 0 Å². The van der Waals surface area contributed by atoms with Crippen LogP contribution in [0.5, 0.6) is 0 Å². The van der Waals surface area contributed by atoms with E-state index in [-0.39, 0.29) is 5.41 Å². The maximum Gasteiger partial charge on any atom is 0.0175 e. The smallest absolute Gasteiger partial charge is 0.0175 e. The van der Waals surface area contributed by atoms with Crippen LogP contribution < -0.4 is 0 Å². The highest BCUT2D eigenvalue weighted by Gasteiger charge is 2.32. The maximum absolute atomic E-state index is 2.44. The number of hydrogen-bond acceptors (Lipinski definition) is 0. The zero-order valence-corrected chi connectivity index (χ0v) is 13.4. The minimum absolute atomic E-state index is 0.203. The van der Waals surface area contributed by atoms with Crippen molar-refractivity contribution in [1.29, 1.82) is 0 Å². The van der Waals surface area contributed by atoms with Crippen LogP contribution in [0.4, 0.5) is 0 Å². The van der Waals surface area contributed by atoms with Crippen molar-refractivity contribution in [3.8, 4) is 0 Å². The quantitative estimate of drug-likeness (QED) is 0.623. The molecule has 1 aromatic rings. The Morgan fingerprint density at radius 1 is 1.00 bits per heavy atom. The molecule has 0 radical (unpaired) electrons. The summed E-state index contributed by atoms with van der Waals surface area (Å²) in [6.45, 7) is 9.29. The maximum atomic E-state index is 2.44. The summed E-state index contributed by atoms with van der Waals surface area (Å²) in [5.41, 5.74) is 3.28. The van der Waals surface area contributed by atoms with E-state index in [0.29, 0.717) is 5.92 Å². The van der Waals surface area contributed by atoms with E-state index in [1.807, 2.05) is 0 Å². The molecule has 0 nitrogen and oxygen atoms in total. The lowest BCUT2D eigenvalue weighted by atomic mass is 9.68. The van der Waals surface area contributed by atoms with E-state index in [1.165, 1.54) is 24.8 Å². The van der Waals surface area contributed by atoms with Crippen molar-refractivity contribution in [3.05, 3.63) is 59.7 Å². The van der Waals surface area contributed by atoms with E-state index >= 15 is 0 Å². The molecule has 0 saturated carbocycles. The molecule has 0 spiro atoms. The molecule has 20 heavy (non-hydrogen) atoms. The summed E-state index contributed by atoms with van der Waals surface area (Å²) in [7, 11) is 0. The fourth-order valence-corrected chi connectivity index (χ4v) is 3.51.